The van der Waals surface area contributed by atoms with Gasteiger partial charge in [0.25, 0.3) is 0 Å². The van der Waals surface area contributed by atoms with Crippen LogP contribution in [0.15, 0.2) is 5.38 Å². The number of fused-ring (bicyclic) bond motifs is 1. The fourth-order valence-corrected chi connectivity index (χ4v) is 3.79. The van der Waals surface area contributed by atoms with Crippen LogP contribution in [0.25, 0.3) is 0 Å². The first kappa shape index (κ1) is 13.2. The van der Waals surface area contributed by atoms with Crippen LogP contribution in [0.4, 0.5) is 0 Å². The predicted molar refractivity (Wildman–Crippen MR) is 70.0 cm³/mol. The number of hydrogen-bond acceptors (Lipinski definition) is 5. The minimum atomic E-state index is -1.09. The van der Waals surface area contributed by atoms with Gasteiger partial charge >= 0.3 is 5.97 Å². The molecular formula is C13H14N2O4S. The molecule has 0 radical (unpaired) electrons. The lowest BCUT2D eigenvalue weighted by Gasteiger charge is -2.15. The number of carboxylic acid groups (broad SMARTS) is 1. The van der Waals surface area contributed by atoms with E-state index in [4.69, 9.17) is 5.11 Å². The molecule has 2 atom stereocenters. The lowest BCUT2D eigenvalue weighted by Crippen LogP contribution is -2.31. The Balaban J connectivity index is 1.76. The molecule has 20 heavy (non-hydrogen) atoms. The van der Waals surface area contributed by atoms with Crippen molar-refractivity contribution in [1.82, 2.24) is 9.88 Å². The number of hydrogen-bond donors (Lipinski definition) is 1. The van der Waals surface area contributed by atoms with Gasteiger partial charge in [0.2, 0.25) is 16.8 Å². The van der Waals surface area contributed by atoms with Gasteiger partial charge in [-0.1, -0.05) is 6.92 Å². The van der Waals surface area contributed by atoms with Gasteiger partial charge in [-0.2, -0.15) is 0 Å². The number of likely N-dealkylation sites (tertiary alicyclic amines) is 1. The third-order valence-corrected chi connectivity index (χ3v) is 4.90. The number of carbonyl (C=O) groups excluding carboxylic acids is 2. The quantitative estimate of drug-likeness (QED) is 0.851. The summed E-state index contributed by atoms with van der Waals surface area (Å²) in [5.74, 6) is -1.31. The van der Waals surface area contributed by atoms with Gasteiger partial charge in [0, 0.05) is 5.38 Å². The topological polar surface area (TPSA) is 87.6 Å². The zero-order valence-corrected chi connectivity index (χ0v) is 11.7. The summed E-state index contributed by atoms with van der Waals surface area (Å²) in [5, 5.41) is 10.4. The number of imide groups is 1. The Hall–Kier alpha value is -1.76. The summed E-state index contributed by atoms with van der Waals surface area (Å²) in [6.45, 7) is 2.14. The molecule has 1 aliphatic heterocycles. The summed E-state index contributed by atoms with van der Waals surface area (Å²) < 4.78 is 0. The van der Waals surface area contributed by atoms with Gasteiger partial charge in [0.15, 0.2) is 0 Å². The van der Waals surface area contributed by atoms with Crippen LogP contribution in [0.1, 0.15) is 35.3 Å². The van der Waals surface area contributed by atoms with Gasteiger partial charge in [-0.05, 0) is 18.8 Å². The van der Waals surface area contributed by atoms with Gasteiger partial charge in [0.05, 0.1) is 24.1 Å². The van der Waals surface area contributed by atoms with Crippen molar-refractivity contribution in [3.63, 3.8) is 0 Å². The standard InChI is InChI=1S/C13H14N2O4S/c1-6-2-8-9(3-6)12(17)15(11(8)16)4-7-5-20-10(14-7)13(18)19/h5-6,8-9H,2-4H2,1H3,(H,18,19). The molecule has 7 heteroatoms. The number of nitrogens with zero attached hydrogens (tertiary/aromatic N) is 2. The predicted octanol–water partition coefficient (Wildman–Crippen LogP) is 1.37. The first-order valence-electron chi connectivity index (χ1n) is 6.50. The van der Waals surface area contributed by atoms with Crippen LogP contribution in [-0.4, -0.2) is 32.8 Å². The molecule has 2 fully saturated rings. The van der Waals surface area contributed by atoms with Crippen LogP contribution in [0.2, 0.25) is 0 Å². The summed E-state index contributed by atoms with van der Waals surface area (Å²) in [7, 11) is 0. The fraction of sp³-hybridized carbons (Fsp3) is 0.538. The second-order valence-electron chi connectivity index (χ2n) is 5.50. The molecule has 0 spiro atoms. The van der Waals surface area contributed by atoms with E-state index in [1.54, 1.807) is 5.38 Å². The van der Waals surface area contributed by atoms with Crippen molar-refractivity contribution < 1.29 is 19.5 Å². The third-order valence-electron chi connectivity index (χ3n) is 4.02. The molecule has 6 nitrogen and oxygen atoms in total. The Kier molecular flexibility index (Phi) is 3.08. The number of thiazole rings is 1. The highest BCUT2D eigenvalue weighted by Crippen LogP contribution is 2.43. The van der Waals surface area contributed by atoms with Crippen LogP contribution in [0.3, 0.4) is 0 Å². The van der Waals surface area contributed by atoms with Gasteiger partial charge in [0.1, 0.15) is 0 Å². The number of carbonyl (C=O) groups is 3. The summed E-state index contributed by atoms with van der Waals surface area (Å²) >= 11 is 1.01. The van der Waals surface area contributed by atoms with E-state index in [0.29, 0.717) is 11.6 Å². The van der Waals surface area contributed by atoms with Crippen molar-refractivity contribution >= 4 is 29.1 Å². The molecule has 1 saturated carbocycles. The highest BCUT2D eigenvalue weighted by Gasteiger charge is 2.51. The summed E-state index contributed by atoms with van der Waals surface area (Å²) in [4.78, 5) is 40.4. The normalized spacial score (nSPS) is 29.1. The van der Waals surface area contributed by atoms with Crippen molar-refractivity contribution in [2.24, 2.45) is 17.8 Å². The van der Waals surface area contributed by atoms with E-state index in [2.05, 4.69) is 11.9 Å². The molecule has 2 amide bonds. The number of aromatic nitrogens is 1. The molecule has 3 rings (SSSR count). The Morgan fingerprint density at radius 1 is 1.40 bits per heavy atom. The van der Waals surface area contributed by atoms with E-state index in [-0.39, 0.29) is 35.2 Å². The second-order valence-corrected chi connectivity index (χ2v) is 6.36. The average molecular weight is 294 g/mol. The molecule has 0 bridgehead atoms. The Labute approximate surface area is 119 Å². The van der Waals surface area contributed by atoms with E-state index in [1.807, 2.05) is 0 Å². The number of amides is 2. The average Bonchev–Trinajstić information content (AvgIpc) is 3.04. The second kappa shape index (κ2) is 4.66. The minimum Gasteiger partial charge on any atom is -0.476 e. The molecule has 1 aromatic heterocycles. The first-order valence-corrected chi connectivity index (χ1v) is 7.38. The third kappa shape index (κ3) is 2.02. The summed E-state index contributed by atoms with van der Waals surface area (Å²) in [6, 6.07) is 0. The summed E-state index contributed by atoms with van der Waals surface area (Å²) in [5.41, 5.74) is 0.460. The van der Waals surface area contributed by atoms with E-state index in [1.165, 1.54) is 4.90 Å². The largest absolute Gasteiger partial charge is 0.476 e. The van der Waals surface area contributed by atoms with Crippen LogP contribution in [0.5, 0.6) is 0 Å². The molecule has 2 unspecified atom stereocenters. The molecule has 1 aromatic rings. The Morgan fingerprint density at radius 2 is 2.00 bits per heavy atom. The molecule has 2 heterocycles. The fourth-order valence-electron chi connectivity index (χ4n) is 3.14. The van der Waals surface area contributed by atoms with Crippen molar-refractivity contribution in [3.05, 3.63) is 16.1 Å². The van der Waals surface area contributed by atoms with Crippen LogP contribution in [0, 0.1) is 17.8 Å². The zero-order valence-electron chi connectivity index (χ0n) is 10.9. The van der Waals surface area contributed by atoms with E-state index < -0.39 is 5.97 Å². The maximum absolute atomic E-state index is 12.3. The maximum atomic E-state index is 12.3. The smallest absolute Gasteiger partial charge is 0.365 e. The highest BCUT2D eigenvalue weighted by molar-refractivity contribution is 7.11. The van der Waals surface area contributed by atoms with E-state index >= 15 is 0 Å². The van der Waals surface area contributed by atoms with Crippen molar-refractivity contribution in [1.29, 1.82) is 0 Å². The Morgan fingerprint density at radius 3 is 2.50 bits per heavy atom. The van der Waals surface area contributed by atoms with Gasteiger partial charge < -0.3 is 5.11 Å². The SMILES string of the molecule is CC1CC2C(=O)N(Cc3csc(C(=O)O)n3)C(=O)C2C1. The number of aromatic carboxylic acids is 1. The summed E-state index contributed by atoms with van der Waals surface area (Å²) in [6.07, 6.45) is 1.53. The Bertz CT molecular complexity index is 573. The molecule has 0 aromatic carbocycles. The van der Waals surface area contributed by atoms with Gasteiger partial charge in [-0.25, -0.2) is 9.78 Å². The molecule has 1 aliphatic carbocycles. The van der Waals surface area contributed by atoms with Gasteiger partial charge in [-0.15, -0.1) is 11.3 Å². The van der Waals surface area contributed by atoms with Crippen LogP contribution >= 0.6 is 11.3 Å². The first-order chi connectivity index (χ1) is 9.47. The van der Waals surface area contributed by atoms with Crippen LogP contribution in [-0.2, 0) is 16.1 Å². The van der Waals surface area contributed by atoms with Crippen molar-refractivity contribution in [2.75, 3.05) is 0 Å². The van der Waals surface area contributed by atoms with Gasteiger partial charge in [-0.3, -0.25) is 14.5 Å². The van der Waals surface area contributed by atoms with Crippen LogP contribution < -0.4 is 0 Å². The monoisotopic (exact) mass is 294 g/mol. The lowest BCUT2D eigenvalue weighted by molar-refractivity contribution is -0.141. The molecular weight excluding hydrogens is 280 g/mol. The number of carboxylic acids is 1. The van der Waals surface area contributed by atoms with Crippen molar-refractivity contribution in [2.45, 2.75) is 26.3 Å². The highest BCUT2D eigenvalue weighted by atomic mass is 32.1. The number of rotatable bonds is 3. The molecule has 106 valence electrons. The lowest BCUT2D eigenvalue weighted by atomic mass is 10.00. The van der Waals surface area contributed by atoms with E-state index in [9.17, 15) is 14.4 Å². The minimum absolute atomic E-state index is 0.0205. The molecule has 1 saturated heterocycles. The molecule has 2 aliphatic rings. The van der Waals surface area contributed by atoms with Crippen molar-refractivity contribution in [3.8, 4) is 0 Å². The zero-order chi connectivity index (χ0) is 14.4. The molecule has 1 N–H and O–H groups in total. The van der Waals surface area contributed by atoms with E-state index in [0.717, 1.165) is 24.2 Å². The maximum Gasteiger partial charge on any atom is 0.365 e.